The molecule has 0 saturated carbocycles. The summed E-state index contributed by atoms with van der Waals surface area (Å²) in [5.41, 5.74) is 2.15. The van der Waals surface area contributed by atoms with Crippen molar-refractivity contribution in [2.45, 2.75) is 13.1 Å². The van der Waals surface area contributed by atoms with Crippen LogP contribution < -0.4 is 10.2 Å². The first-order chi connectivity index (χ1) is 12.8. The molecule has 0 radical (unpaired) electrons. The second-order valence-corrected chi connectivity index (χ2v) is 6.35. The van der Waals surface area contributed by atoms with Gasteiger partial charge in [-0.3, -0.25) is 4.90 Å². The van der Waals surface area contributed by atoms with E-state index in [-0.39, 0.29) is 6.03 Å². The maximum absolute atomic E-state index is 12.8. The third kappa shape index (κ3) is 3.18. The van der Waals surface area contributed by atoms with Gasteiger partial charge in [-0.2, -0.15) is 13.2 Å². The number of aromatic nitrogens is 2. The van der Waals surface area contributed by atoms with Gasteiger partial charge in [-0.05, 0) is 48.9 Å². The van der Waals surface area contributed by atoms with Gasteiger partial charge in [-0.1, -0.05) is 0 Å². The quantitative estimate of drug-likeness (QED) is 0.735. The Morgan fingerprint density at radius 2 is 1.96 bits per heavy atom. The van der Waals surface area contributed by atoms with E-state index in [0.717, 1.165) is 28.9 Å². The van der Waals surface area contributed by atoms with Crippen LogP contribution in [0.2, 0.25) is 0 Å². The predicted octanol–water partition coefficient (Wildman–Crippen LogP) is 4.15. The maximum Gasteiger partial charge on any atom is 0.416 e. The molecule has 0 unspecified atom stereocenters. The highest BCUT2D eigenvalue weighted by Crippen LogP contribution is 2.32. The zero-order valence-electron chi connectivity index (χ0n) is 14.3. The number of aryl methyl sites for hydroxylation is 1. The summed E-state index contributed by atoms with van der Waals surface area (Å²) in [6.07, 6.45) is -3.01. The molecule has 1 aromatic heterocycles. The van der Waals surface area contributed by atoms with Crippen LogP contribution >= 0.6 is 0 Å². The zero-order valence-corrected chi connectivity index (χ0v) is 14.3. The molecule has 8 heteroatoms. The molecular formula is C19H15F3N4O. The summed E-state index contributed by atoms with van der Waals surface area (Å²) in [6.45, 7) is 3.10. The van der Waals surface area contributed by atoms with Crippen molar-refractivity contribution in [2.75, 3.05) is 18.0 Å². The van der Waals surface area contributed by atoms with Gasteiger partial charge in [-0.25, -0.2) is 14.8 Å². The number of halogens is 3. The van der Waals surface area contributed by atoms with Crippen LogP contribution in [0.3, 0.4) is 0 Å². The lowest BCUT2D eigenvalue weighted by molar-refractivity contribution is -0.137. The number of amides is 2. The summed E-state index contributed by atoms with van der Waals surface area (Å²) in [5.74, 6) is 0.419. The van der Waals surface area contributed by atoms with Crippen molar-refractivity contribution >= 4 is 22.6 Å². The monoisotopic (exact) mass is 372 g/mol. The topological polar surface area (TPSA) is 58.1 Å². The molecule has 5 nitrogen and oxygen atoms in total. The van der Waals surface area contributed by atoms with E-state index in [0.29, 0.717) is 29.8 Å². The Kier molecular flexibility index (Phi) is 3.98. The van der Waals surface area contributed by atoms with E-state index in [1.807, 2.05) is 19.1 Å². The Morgan fingerprint density at radius 3 is 2.63 bits per heavy atom. The number of urea groups is 1. The van der Waals surface area contributed by atoms with Crippen molar-refractivity contribution in [3.8, 4) is 11.4 Å². The van der Waals surface area contributed by atoms with Gasteiger partial charge in [0.15, 0.2) is 5.82 Å². The first-order valence-electron chi connectivity index (χ1n) is 8.33. The number of anilines is 1. The minimum absolute atomic E-state index is 0.131. The number of fused-ring (bicyclic) bond motifs is 1. The summed E-state index contributed by atoms with van der Waals surface area (Å²) >= 11 is 0. The number of carbonyl (C=O) groups is 1. The lowest BCUT2D eigenvalue weighted by Crippen LogP contribution is -2.28. The highest BCUT2D eigenvalue weighted by Gasteiger charge is 2.30. The number of nitrogens with one attached hydrogen (secondary N) is 1. The molecule has 2 aromatic carbocycles. The molecule has 3 aromatic rings. The second-order valence-electron chi connectivity index (χ2n) is 6.35. The Hall–Kier alpha value is -3.16. The number of nitrogens with zero attached hydrogens (tertiary/aromatic N) is 3. The van der Waals surface area contributed by atoms with Crippen molar-refractivity contribution in [3.05, 3.63) is 53.7 Å². The van der Waals surface area contributed by atoms with E-state index >= 15 is 0 Å². The Morgan fingerprint density at radius 1 is 1.15 bits per heavy atom. The van der Waals surface area contributed by atoms with E-state index in [1.54, 1.807) is 11.0 Å². The molecule has 0 spiro atoms. The highest BCUT2D eigenvalue weighted by molar-refractivity contribution is 5.95. The van der Waals surface area contributed by atoms with Crippen LogP contribution in [0.15, 0.2) is 42.6 Å². The molecule has 1 aliphatic heterocycles. The van der Waals surface area contributed by atoms with Gasteiger partial charge in [0, 0.05) is 35.9 Å². The molecule has 0 bridgehead atoms. The van der Waals surface area contributed by atoms with Gasteiger partial charge >= 0.3 is 12.2 Å². The summed E-state index contributed by atoms with van der Waals surface area (Å²) in [6, 6.07) is 8.77. The number of hydrogen-bond acceptors (Lipinski definition) is 3. The second kappa shape index (κ2) is 6.22. The van der Waals surface area contributed by atoms with Gasteiger partial charge in [0.1, 0.15) is 0 Å². The number of hydrogen-bond donors (Lipinski definition) is 1. The average Bonchev–Trinajstić information content (AvgIpc) is 3.05. The number of benzene rings is 2. The minimum atomic E-state index is -4.40. The molecule has 27 heavy (non-hydrogen) atoms. The van der Waals surface area contributed by atoms with Crippen LogP contribution in [0.5, 0.6) is 0 Å². The molecule has 2 heterocycles. The number of alkyl halides is 3. The Bertz CT molecular complexity index is 1050. The van der Waals surface area contributed by atoms with Gasteiger partial charge in [0.25, 0.3) is 0 Å². The third-order valence-electron chi connectivity index (χ3n) is 4.51. The fraction of sp³-hybridized carbons (Fsp3) is 0.211. The van der Waals surface area contributed by atoms with E-state index < -0.39 is 11.7 Å². The largest absolute Gasteiger partial charge is 0.416 e. The number of rotatable bonds is 2. The average molecular weight is 372 g/mol. The van der Waals surface area contributed by atoms with Crippen LogP contribution in [0, 0.1) is 6.92 Å². The summed E-state index contributed by atoms with van der Waals surface area (Å²) < 4.78 is 38.5. The fourth-order valence-electron chi connectivity index (χ4n) is 3.15. The van der Waals surface area contributed by atoms with E-state index in [2.05, 4.69) is 15.3 Å². The van der Waals surface area contributed by atoms with E-state index in [1.165, 1.54) is 12.3 Å². The smallest absolute Gasteiger partial charge is 0.336 e. The van der Waals surface area contributed by atoms with Crippen LogP contribution in [-0.2, 0) is 6.18 Å². The molecule has 1 saturated heterocycles. The Labute approximate surface area is 152 Å². The summed E-state index contributed by atoms with van der Waals surface area (Å²) in [4.78, 5) is 22.1. The normalized spacial score (nSPS) is 14.7. The molecular weight excluding hydrogens is 357 g/mol. The van der Waals surface area contributed by atoms with Crippen LogP contribution in [0.4, 0.5) is 23.7 Å². The first-order valence-corrected chi connectivity index (χ1v) is 8.33. The van der Waals surface area contributed by atoms with Crippen molar-refractivity contribution in [1.82, 2.24) is 15.3 Å². The van der Waals surface area contributed by atoms with E-state index in [4.69, 9.17) is 0 Å². The molecule has 0 aliphatic carbocycles. The standard InChI is InChI=1S/C19H15F3N4O/c1-11-8-12(2-5-16(11)26-7-6-23-18(26)27)17-24-10-13-9-14(19(20,21)22)3-4-15(13)25-17/h2-5,8-10H,6-7H2,1H3,(H,23,27). The van der Waals surface area contributed by atoms with E-state index in [9.17, 15) is 18.0 Å². The lowest BCUT2D eigenvalue weighted by Gasteiger charge is -2.17. The summed E-state index contributed by atoms with van der Waals surface area (Å²) in [5, 5.41) is 3.09. The van der Waals surface area contributed by atoms with Crippen LogP contribution in [-0.4, -0.2) is 29.1 Å². The first kappa shape index (κ1) is 17.3. The van der Waals surface area contributed by atoms with Gasteiger partial charge in [0.2, 0.25) is 0 Å². The van der Waals surface area contributed by atoms with Crippen molar-refractivity contribution in [1.29, 1.82) is 0 Å². The SMILES string of the molecule is Cc1cc(-c2ncc3cc(C(F)(F)F)ccc3n2)ccc1N1CCNC1=O. The highest BCUT2D eigenvalue weighted by atomic mass is 19.4. The van der Waals surface area contributed by atoms with Crippen LogP contribution in [0.25, 0.3) is 22.3 Å². The lowest BCUT2D eigenvalue weighted by atomic mass is 10.1. The van der Waals surface area contributed by atoms with Crippen LogP contribution in [0.1, 0.15) is 11.1 Å². The van der Waals surface area contributed by atoms with Crippen molar-refractivity contribution in [2.24, 2.45) is 0 Å². The number of carbonyl (C=O) groups excluding carboxylic acids is 1. The molecule has 0 atom stereocenters. The molecule has 1 N–H and O–H groups in total. The maximum atomic E-state index is 12.8. The summed E-state index contributed by atoms with van der Waals surface area (Å²) in [7, 11) is 0. The Balaban J connectivity index is 1.69. The van der Waals surface area contributed by atoms with Gasteiger partial charge < -0.3 is 5.32 Å². The fourth-order valence-corrected chi connectivity index (χ4v) is 3.15. The molecule has 4 rings (SSSR count). The minimum Gasteiger partial charge on any atom is -0.336 e. The van der Waals surface area contributed by atoms with Gasteiger partial charge in [0.05, 0.1) is 11.1 Å². The molecule has 1 fully saturated rings. The molecule has 1 aliphatic rings. The van der Waals surface area contributed by atoms with Gasteiger partial charge in [-0.15, -0.1) is 0 Å². The third-order valence-corrected chi connectivity index (χ3v) is 4.51. The molecule has 2 amide bonds. The van der Waals surface area contributed by atoms with Crippen molar-refractivity contribution < 1.29 is 18.0 Å². The predicted molar refractivity (Wildman–Crippen MR) is 95.5 cm³/mol. The van der Waals surface area contributed by atoms with Crippen molar-refractivity contribution in [3.63, 3.8) is 0 Å². The molecule has 138 valence electrons. The zero-order chi connectivity index (χ0) is 19.2.